The maximum Gasteiger partial charge on any atom is 0.263 e. The van der Waals surface area contributed by atoms with E-state index in [1.807, 2.05) is 24.4 Å². The molecule has 3 aromatic heterocycles. The molecule has 59 heavy (non-hydrogen) atoms. The van der Waals surface area contributed by atoms with Crippen molar-refractivity contribution in [2.45, 2.75) is 102 Å². The van der Waals surface area contributed by atoms with Gasteiger partial charge in [-0.15, -0.1) is 0 Å². The van der Waals surface area contributed by atoms with Crippen LogP contribution in [0.15, 0.2) is 47.5 Å². The highest BCUT2D eigenvalue weighted by Crippen LogP contribution is 2.38. The van der Waals surface area contributed by atoms with Crippen LogP contribution in [0.25, 0.3) is 11.0 Å². The molecular weight excluding hydrogens is 751 g/mol. The van der Waals surface area contributed by atoms with Gasteiger partial charge in [-0.25, -0.2) is 9.97 Å². The van der Waals surface area contributed by atoms with Gasteiger partial charge in [0.1, 0.15) is 17.5 Å². The average Bonchev–Trinajstić information content (AvgIpc) is 3.87. The van der Waals surface area contributed by atoms with Crippen molar-refractivity contribution in [2.24, 2.45) is 5.92 Å². The highest BCUT2D eigenvalue weighted by molar-refractivity contribution is 6.05. The number of benzene rings is 1. The predicted molar refractivity (Wildman–Crippen MR) is 221 cm³/mol. The number of hydrogen-bond acceptors (Lipinski definition) is 12. The number of nitrogens with zero attached hydrogens (tertiary/aromatic N) is 7. The summed E-state index contributed by atoms with van der Waals surface area (Å²) in [5, 5.41) is 18.1. The first-order chi connectivity index (χ1) is 28.5. The van der Waals surface area contributed by atoms with Gasteiger partial charge in [0.15, 0.2) is 5.78 Å². The van der Waals surface area contributed by atoms with Crippen molar-refractivity contribution in [3.63, 3.8) is 0 Å². The summed E-state index contributed by atoms with van der Waals surface area (Å²) in [5.74, 6) is 0.313. The fourth-order valence-electron chi connectivity index (χ4n) is 10.1. The molecule has 0 radical (unpaired) electrons. The Morgan fingerprint density at radius 3 is 2.41 bits per heavy atom. The van der Waals surface area contributed by atoms with Gasteiger partial charge in [0, 0.05) is 68.9 Å². The Morgan fingerprint density at radius 2 is 1.71 bits per heavy atom. The molecule has 0 bridgehead atoms. The van der Waals surface area contributed by atoms with E-state index in [0.29, 0.717) is 65.7 Å². The van der Waals surface area contributed by atoms with E-state index in [-0.39, 0.29) is 41.2 Å². The minimum Gasteiger partial charge on any atom is -0.385 e. The molecule has 3 saturated heterocycles. The number of imide groups is 1. The molecule has 4 aromatic rings. The molecule has 3 N–H and O–H groups in total. The normalized spacial score (nSPS) is 21.6. The number of ketones is 1. The zero-order valence-electron chi connectivity index (χ0n) is 33.7. The van der Waals surface area contributed by atoms with E-state index < -0.39 is 17.6 Å². The summed E-state index contributed by atoms with van der Waals surface area (Å²) in [5.41, 5.74) is 3.35. The number of nitrogens with one attached hydrogen (secondary N) is 2. The molecule has 4 aliphatic heterocycles. The van der Waals surface area contributed by atoms with Gasteiger partial charge in [0.05, 0.1) is 23.0 Å². The van der Waals surface area contributed by atoms with Crippen molar-refractivity contribution in [1.29, 1.82) is 0 Å². The first kappa shape index (κ1) is 38.9. The Hall–Kier alpha value is -5.54. The van der Waals surface area contributed by atoms with Gasteiger partial charge in [-0.2, -0.15) is 4.98 Å². The predicted octanol–water partition coefficient (Wildman–Crippen LogP) is 4.52. The smallest absolute Gasteiger partial charge is 0.263 e. The van der Waals surface area contributed by atoms with Gasteiger partial charge in [0.25, 0.3) is 11.5 Å². The van der Waals surface area contributed by atoms with E-state index in [0.717, 1.165) is 88.1 Å². The molecule has 1 aliphatic carbocycles. The van der Waals surface area contributed by atoms with E-state index in [2.05, 4.69) is 36.5 Å². The molecule has 15 heteroatoms. The largest absolute Gasteiger partial charge is 0.385 e. The Kier molecular flexibility index (Phi) is 10.3. The Balaban J connectivity index is 0.778. The summed E-state index contributed by atoms with van der Waals surface area (Å²) in [6, 6.07) is 8.89. The van der Waals surface area contributed by atoms with Gasteiger partial charge >= 0.3 is 0 Å². The van der Waals surface area contributed by atoms with Crippen LogP contribution in [0.1, 0.15) is 115 Å². The van der Waals surface area contributed by atoms with Crippen LogP contribution in [0.2, 0.25) is 0 Å². The Morgan fingerprint density at radius 1 is 0.949 bits per heavy atom. The number of anilines is 3. The van der Waals surface area contributed by atoms with Gasteiger partial charge in [0.2, 0.25) is 17.8 Å². The molecule has 15 nitrogen and oxygen atoms in total. The molecule has 1 aromatic carbocycles. The topological polar surface area (TPSA) is 183 Å². The van der Waals surface area contributed by atoms with Crippen molar-refractivity contribution >= 4 is 52.0 Å². The lowest BCUT2D eigenvalue weighted by molar-refractivity contribution is -0.136. The van der Waals surface area contributed by atoms with Crippen molar-refractivity contribution in [3.05, 3.63) is 80.9 Å². The highest BCUT2D eigenvalue weighted by Gasteiger charge is 2.41. The lowest BCUT2D eigenvalue weighted by atomic mass is 9.83. The molecule has 4 fully saturated rings. The monoisotopic (exact) mass is 801 g/mol. The number of carbonyl (C=O) groups is 4. The number of aromatic nitrogens is 4. The summed E-state index contributed by atoms with van der Waals surface area (Å²) in [6.07, 6.45) is 11.3. The summed E-state index contributed by atoms with van der Waals surface area (Å²) in [4.78, 5) is 83.7. The lowest BCUT2D eigenvalue weighted by Gasteiger charge is -2.41. The molecule has 1 atom stereocenters. The fourth-order valence-corrected chi connectivity index (χ4v) is 10.1. The minimum atomic E-state index is -0.981. The van der Waals surface area contributed by atoms with E-state index in [9.17, 15) is 29.1 Å². The number of amides is 3. The van der Waals surface area contributed by atoms with Crippen LogP contribution in [0.5, 0.6) is 0 Å². The fraction of sp³-hybridized carbons (Fsp3) is 0.500. The van der Waals surface area contributed by atoms with Crippen molar-refractivity contribution in [3.8, 4) is 0 Å². The van der Waals surface area contributed by atoms with Crippen LogP contribution in [-0.2, 0) is 21.7 Å². The number of piperidine rings is 3. The number of carbonyl (C=O) groups excluding carboxylic acids is 4. The van der Waals surface area contributed by atoms with E-state index >= 15 is 0 Å². The second kappa shape index (κ2) is 15.6. The van der Waals surface area contributed by atoms with Gasteiger partial charge < -0.3 is 25.1 Å². The number of aryl methyl sites for hydroxylation is 1. The Labute approximate surface area is 342 Å². The molecule has 0 spiro atoms. The maximum absolute atomic E-state index is 13.6. The molecule has 1 saturated carbocycles. The minimum absolute atomic E-state index is 0.00742. The second-order valence-electron chi connectivity index (χ2n) is 17.2. The van der Waals surface area contributed by atoms with Crippen molar-refractivity contribution < 1.29 is 24.3 Å². The standard InChI is InChI=1S/C44H51N9O6/c1-26-34-23-46-43(49-39(34)53(31-5-3-4-6-31)42(58)38(26)27(2)54)47-36-11-8-32(22-45-36)51-17-13-28(14-18-51)24-50-19-15-44(59,16-20-50)30-7-9-33-29(21-30)25-52(41(33)57)35-10-12-37(55)48-40(35)56/h7-9,11,21-23,28,31,35,59H,3-6,10,12-20,24-25H2,1-2H3,(H,48,55,56)(H,45,46,47,49). The molecule has 3 amide bonds. The van der Waals surface area contributed by atoms with Crippen LogP contribution in [0, 0.1) is 12.8 Å². The Bertz CT molecular complexity index is 2390. The van der Waals surface area contributed by atoms with Crippen molar-refractivity contribution in [2.75, 3.05) is 42.9 Å². The van der Waals surface area contributed by atoms with Crippen LogP contribution >= 0.6 is 0 Å². The van der Waals surface area contributed by atoms with E-state index in [1.165, 1.54) is 6.92 Å². The molecule has 7 heterocycles. The summed E-state index contributed by atoms with van der Waals surface area (Å²) < 4.78 is 1.71. The van der Waals surface area contributed by atoms with Gasteiger partial charge in [-0.3, -0.25) is 33.9 Å². The summed E-state index contributed by atoms with van der Waals surface area (Å²) >= 11 is 0. The number of aliphatic hydroxyl groups is 1. The van der Waals surface area contributed by atoms with Gasteiger partial charge in [-0.1, -0.05) is 25.0 Å². The van der Waals surface area contributed by atoms with E-state index in [4.69, 9.17) is 4.98 Å². The maximum atomic E-state index is 13.6. The van der Waals surface area contributed by atoms with Gasteiger partial charge in [-0.05, 0) is 99.6 Å². The SMILES string of the molecule is CC(=O)c1c(C)c2cnc(Nc3ccc(N4CCC(CN5CCC(O)(c6ccc7c(c6)CN(C6CCC(=O)NC6=O)C7=O)CC5)CC4)cn3)nc2n(C2CCCC2)c1=O. The quantitative estimate of drug-likeness (QED) is 0.159. The number of rotatable bonds is 9. The number of Topliss-reactive ketones (excluding diaryl/α,β-unsaturated/α-hetero) is 1. The third-order valence-electron chi connectivity index (χ3n) is 13.5. The second-order valence-corrected chi connectivity index (χ2v) is 17.2. The first-order valence-electron chi connectivity index (χ1n) is 21.1. The third-order valence-corrected chi connectivity index (χ3v) is 13.5. The molecule has 308 valence electrons. The number of hydrogen-bond donors (Lipinski definition) is 3. The van der Waals surface area contributed by atoms with Crippen LogP contribution in [0.4, 0.5) is 17.5 Å². The number of pyridine rings is 2. The summed E-state index contributed by atoms with van der Waals surface area (Å²) in [6.45, 7) is 7.93. The first-order valence-corrected chi connectivity index (χ1v) is 21.1. The van der Waals surface area contributed by atoms with Crippen molar-refractivity contribution in [1.82, 2.24) is 34.6 Å². The summed E-state index contributed by atoms with van der Waals surface area (Å²) in [7, 11) is 0. The van der Waals surface area contributed by atoms with E-state index in [1.54, 1.807) is 28.7 Å². The lowest BCUT2D eigenvalue weighted by Crippen LogP contribution is -2.52. The molecular formula is C44H51N9O6. The van der Waals surface area contributed by atoms with Crippen LogP contribution in [0.3, 0.4) is 0 Å². The molecule has 9 rings (SSSR count). The zero-order chi connectivity index (χ0) is 41.0. The highest BCUT2D eigenvalue weighted by atomic mass is 16.3. The van der Waals surface area contributed by atoms with Crippen LogP contribution in [-0.4, -0.2) is 96.7 Å². The third kappa shape index (κ3) is 7.39. The average molecular weight is 802 g/mol. The zero-order valence-corrected chi connectivity index (χ0v) is 33.7. The molecule has 5 aliphatic rings. The molecule has 1 unspecified atom stereocenters. The number of likely N-dealkylation sites (tertiary alicyclic amines) is 1. The van der Waals surface area contributed by atoms with Crippen LogP contribution < -0.4 is 21.1 Å². The number of fused-ring (bicyclic) bond motifs is 2.